The highest BCUT2D eigenvalue weighted by Crippen LogP contribution is 2.17. The van der Waals surface area contributed by atoms with Crippen LogP contribution in [0.25, 0.3) is 11.0 Å². The zero-order valence-corrected chi connectivity index (χ0v) is 12.9. The molecule has 0 bridgehead atoms. The Kier molecular flexibility index (Phi) is 4.86. The van der Waals surface area contributed by atoms with Crippen molar-refractivity contribution in [1.29, 1.82) is 0 Å². The van der Waals surface area contributed by atoms with Crippen LogP contribution < -0.4 is 5.32 Å². The third kappa shape index (κ3) is 3.98. The van der Waals surface area contributed by atoms with E-state index in [1.54, 1.807) is 6.07 Å². The summed E-state index contributed by atoms with van der Waals surface area (Å²) in [6.07, 6.45) is 0.0446. The third-order valence-electron chi connectivity index (χ3n) is 3.45. The highest BCUT2D eigenvalue weighted by molar-refractivity contribution is 5.87. The molecule has 0 aliphatic rings. The second kappa shape index (κ2) is 7.41. The molecule has 122 valence electrons. The van der Waals surface area contributed by atoms with Gasteiger partial charge in [-0.3, -0.25) is 9.59 Å². The molecule has 1 aromatic heterocycles. The molecule has 0 spiro atoms. The van der Waals surface area contributed by atoms with E-state index < -0.39 is 5.97 Å². The number of carbonyl (C=O) groups is 2. The Balaban J connectivity index is 1.46. The van der Waals surface area contributed by atoms with Crippen LogP contribution in [0, 0.1) is 0 Å². The predicted molar refractivity (Wildman–Crippen MR) is 87.0 cm³/mol. The molecule has 2 aromatic carbocycles. The predicted octanol–water partition coefficient (Wildman–Crippen LogP) is 2.23. The number of hydrogen-bond acceptors (Lipinski definition) is 5. The molecule has 1 N–H and O–H groups in total. The minimum absolute atomic E-state index is 0.0446. The summed E-state index contributed by atoms with van der Waals surface area (Å²) >= 11 is 0. The minimum atomic E-state index is -0.489. The van der Waals surface area contributed by atoms with E-state index in [9.17, 15) is 9.59 Å². The van der Waals surface area contributed by atoms with Gasteiger partial charge < -0.3 is 14.6 Å². The van der Waals surface area contributed by atoms with Crippen LogP contribution >= 0.6 is 0 Å². The van der Waals surface area contributed by atoms with Crippen molar-refractivity contribution in [3.8, 4) is 0 Å². The van der Waals surface area contributed by atoms with E-state index in [0.29, 0.717) is 11.3 Å². The molecule has 1 amide bonds. The standard InChI is InChI=1S/C18H16N2O4/c21-17(10-15-14-8-4-5-9-16(14)24-20-15)19-11-18(22)23-12-13-6-2-1-3-7-13/h1-9H,10-12H2,(H,19,21). The van der Waals surface area contributed by atoms with Crippen LogP contribution in [0.5, 0.6) is 0 Å². The maximum Gasteiger partial charge on any atom is 0.325 e. The molecule has 0 saturated heterocycles. The largest absolute Gasteiger partial charge is 0.460 e. The number of fused-ring (bicyclic) bond motifs is 1. The number of para-hydroxylation sites is 1. The van der Waals surface area contributed by atoms with E-state index in [1.165, 1.54) is 0 Å². The summed E-state index contributed by atoms with van der Waals surface area (Å²) < 4.78 is 10.2. The summed E-state index contributed by atoms with van der Waals surface area (Å²) in [5.74, 6) is -0.803. The lowest BCUT2D eigenvalue weighted by molar-refractivity contribution is -0.145. The fraction of sp³-hybridized carbons (Fsp3) is 0.167. The van der Waals surface area contributed by atoms with E-state index in [2.05, 4.69) is 10.5 Å². The van der Waals surface area contributed by atoms with Gasteiger partial charge in [-0.05, 0) is 17.7 Å². The fourth-order valence-electron chi connectivity index (χ4n) is 2.24. The number of ether oxygens (including phenoxy) is 1. The Hall–Kier alpha value is -3.15. The summed E-state index contributed by atoms with van der Waals surface area (Å²) in [5, 5.41) is 7.20. The Morgan fingerprint density at radius 2 is 1.79 bits per heavy atom. The van der Waals surface area contributed by atoms with Crippen molar-refractivity contribution in [2.24, 2.45) is 0 Å². The molecule has 0 saturated carbocycles. The molecule has 3 aromatic rings. The highest BCUT2D eigenvalue weighted by atomic mass is 16.5. The van der Waals surface area contributed by atoms with Crippen molar-refractivity contribution in [2.45, 2.75) is 13.0 Å². The molecule has 0 aliphatic carbocycles. The summed E-state index contributed by atoms with van der Waals surface area (Å²) in [7, 11) is 0. The van der Waals surface area contributed by atoms with E-state index in [-0.39, 0.29) is 25.5 Å². The van der Waals surface area contributed by atoms with Gasteiger partial charge in [0.15, 0.2) is 5.58 Å². The molecule has 1 heterocycles. The van der Waals surface area contributed by atoms with Gasteiger partial charge in [-0.1, -0.05) is 47.6 Å². The number of carbonyl (C=O) groups excluding carboxylic acids is 2. The van der Waals surface area contributed by atoms with Gasteiger partial charge in [-0.25, -0.2) is 0 Å². The molecule has 6 heteroatoms. The summed E-state index contributed by atoms with van der Waals surface area (Å²) in [6, 6.07) is 16.7. The van der Waals surface area contributed by atoms with E-state index in [4.69, 9.17) is 9.26 Å². The van der Waals surface area contributed by atoms with Crippen molar-refractivity contribution >= 4 is 22.8 Å². The monoisotopic (exact) mass is 324 g/mol. The summed E-state index contributed by atoms with van der Waals surface area (Å²) in [5.41, 5.74) is 2.06. The maximum atomic E-state index is 11.9. The molecule has 6 nitrogen and oxygen atoms in total. The van der Waals surface area contributed by atoms with Gasteiger partial charge in [-0.15, -0.1) is 0 Å². The van der Waals surface area contributed by atoms with Crippen molar-refractivity contribution in [2.75, 3.05) is 6.54 Å². The van der Waals surface area contributed by atoms with Crippen molar-refractivity contribution in [3.63, 3.8) is 0 Å². The third-order valence-corrected chi connectivity index (χ3v) is 3.45. The van der Waals surface area contributed by atoms with E-state index in [1.807, 2.05) is 48.5 Å². The quantitative estimate of drug-likeness (QED) is 0.703. The summed E-state index contributed by atoms with van der Waals surface area (Å²) in [6.45, 7) is 0.00488. The van der Waals surface area contributed by atoms with E-state index >= 15 is 0 Å². The zero-order chi connectivity index (χ0) is 16.8. The first kappa shape index (κ1) is 15.7. The first-order valence-corrected chi connectivity index (χ1v) is 7.52. The van der Waals surface area contributed by atoms with Crippen molar-refractivity contribution in [3.05, 3.63) is 65.9 Å². The number of hydrogen-bond donors (Lipinski definition) is 1. The Labute approximate surface area is 138 Å². The van der Waals surface area contributed by atoms with Crippen LogP contribution in [0.3, 0.4) is 0 Å². The molecule has 0 fully saturated rings. The minimum Gasteiger partial charge on any atom is -0.460 e. The number of esters is 1. The molecule has 0 atom stereocenters. The van der Waals surface area contributed by atoms with Crippen LogP contribution in [0.1, 0.15) is 11.3 Å². The maximum absolute atomic E-state index is 11.9. The van der Waals surface area contributed by atoms with Gasteiger partial charge >= 0.3 is 5.97 Å². The average Bonchev–Trinajstić information content (AvgIpc) is 3.02. The second-order valence-corrected chi connectivity index (χ2v) is 5.23. The highest BCUT2D eigenvalue weighted by Gasteiger charge is 2.13. The smallest absolute Gasteiger partial charge is 0.325 e. The van der Waals surface area contributed by atoms with Crippen LogP contribution in [0.4, 0.5) is 0 Å². The number of nitrogens with zero attached hydrogens (tertiary/aromatic N) is 1. The fourth-order valence-corrected chi connectivity index (χ4v) is 2.24. The number of benzene rings is 2. The normalized spacial score (nSPS) is 10.5. The lowest BCUT2D eigenvalue weighted by Gasteiger charge is -2.06. The van der Waals surface area contributed by atoms with Gasteiger partial charge in [-0.2, -0.15) is 0 Å². The number of nitrogens with one attached hydrogen (secondary N) is 1. The lowest BCUT2D eigenvalue weighted by Crippen LogP contribution is -2.31. The van der Waals surface area contributed by atoms with Gasteiger partial charge in [0, 0.05) is 5.39 Å². The van der Waals surface area contributed by atoms with Gasteiger partial charge in [0.05, 0.1) is 6.42 Å². The molecule has 3 rings (SSSR count). The summed E-state index contributed by atoms with van der Waals surface area (Å²) in [4.78, 5) is 23.6. The average molecular weight is 324 g/mol. The Bertz CT molecular complexity index is 842. The van der Waals surface area contributed by atoms with Gasteiger partial charge in [0.2, 0.25) is 5.91 Å². The van der Waals surface area contributed by atoms with Crippen LogP contribution in [0.15, 0.2) is 59.1 Å². The molecular formula is C18H16N2O4. The first-order chi connectivity index (χ1) is 11.7. The number of rotatable bonds is 6. The topological polar surface area (TPSA) is 81.4 Å². The Morgan fingerprint density at radius 1 is 1.04 bits per heavy atom. The molecule has 0 radical (unpaired) electrons. The van der Waals surface area contributed by atoms with Crippen LogP contribution in [-0.2, 0) is 27.4 Å². The van der Waals surface area contributed by atoms with Gasteiger partial charge in [0.25, 0.3) is 0 Å². The van der Waals surface area contributed by atoms with Crippen molar-refractivity contribution in [1.82, 2.24) is 10.5 Å². The first-order valence-electron chi connectivity index (χ1n) is 7.52. The SMILES string of the molecule is O=C(Cc1noc2ccccc12)NCC(=O)OCc1ccccc1. The number of aromatic nitrogens is 1. The lowest BCUT2D eigenvalue weighted by atomic mass is 10.1. The van der Waals surface area contributed by atoms with Gasteiger partial charge in [0.1, 0.15) is 18.8 Å². The zero-order valence-electron chi connectivity index (χ0n) is 12.9. The molecule has 0 aliphatic heterocycles. The second-order valence-electron chi connectivity index (χ2n) is 5.23. The molecule has 0 unspecified atom stereocenters. The molecule has 24 heavy (non-hydrogen) atoms. The Morgan fingerprint density at radius 3 is 2.62 bits per heavy atom. The van der Waals surface area contributed by atoms with Crippen molar-refractivity contribution < 1.29 is 18.8 Å². The number of amides is 1. The van der Waals surface area contributed by atoms with Crippen LogP contribution in [-0.4, -0.2) is 23.6 Å². The van der Waals surface area contributed by atoms with Crippen LogP contribution in [0.2, 0.25) is 0 Å². The molecular weight excluding hydrogens is 308 g/mol. The van der Waals surface area contributed by atoms with E-state index in [0.717, 1.165) is 10.9 Å².